The highest BCUT2D eigenvalue weighted by Gasteiger charge is 2.74. The number of cyclic esters (lactones) is 1. The Bertz CT molecular complexity index is 1150. The van der Waals surface area contributed by atoms with Crippen molar-refractivity contribution in [1.29, 1.82) is 0 Å². The summed E-state index contributed by atoms with van der Waals surface area (Å²) in [6.07, 6.45) is 12.0. The summed E-state index contributed by atoms with van der Waals surface area (Å²) >= 11 is 0. The van der Waals surface area contributed by atoms with E-state index in [4.69, 9.17) is 19.3 Å². The summed E-state index contributed by atoms with van der Waals surface area (Å²) in [4.78, 5) is 45.4. The van der Waals surface area contributed by atoms with Crippen molar-refractivity contribution in [3.63, 3.8) is 0 Å². The van der Waals surface area contributed by atoms with Gasteiger partial charge in [0.2, 0.25) is 5.91 Å². The zero-order chi connectivity index (χ0) is 27.6. The lowest BCUT2D eigenvalue weighted by molar-refractivity contribution is -0.158. The highest BCUT2D eigenvalue weighted by molar-refractivity contribution is 6.05. The number of esters is 1. The van der Waals surface area contributed by atoms with Crippen molar-refractivity contribution in [3.8, 4) is 5.75 Å². The first-order chi connectivity index (χ1) is 18.9. The van der Waals surface area contributed by atoms with Crippen LogP contribution in [0, 0.1) is 11.8 Å². The molecule has 1 aromatic rings. The van der Waals surface area contributed by atoms with Crippen LogP contribution in [0.3, 0.4) is 0 Å². The van der Waals surface area contributed by atoms with Gasteiger partial charge in [-0.2, -0.15) is 0 Å². The van der Waals surface area contributed by atoms with Crippen LogP contribution in [0.4, 0.5) is 5.69 Å². The second-order valence-electron chi connectivity index (χ2n) is 10.9. The van der Waals surface area contributed by atoms with Crippen LogP contribution >= 0.6 is 0 Å². The van der Waals surface area contributed by atoms with Crippen LogP contribution in [0.2, 0.25) is 0 Å². The Morgan fingerprint density at radius 1 is 1.00 bits per heavy atom. The lowest BCUT2D eigenvalue weighted by Crippen LogP contribution is -2.56. The number of carbonyl (C=O) groups is 3. The molecule has 2 amide bonds. The third-order valence-corrected chi connectivity index (χ3v) is 8.44. The number of amides is 2. The Balaban J connectivity index is 1.55. The molecule has 2 saturated heterocycles. The predicted octanol–water partition coefficient (Wildman–Crippen LogP) is 3.01. The Kier molecular flexibility index (Phi) is 7.82. The van der Waals surface area contributed by atoms with Gasteiger partial charge in [-0.3, -0.25) is 14.4 Å². The minimum absolute atomic E-state index is 0.125. The molecule has 4 aliphatic heterocycles. The average molecular weight is 539 g/mol. The molecule has 0 aromatic heterocycles. The topological polar surface area (TPSA) is 106 Å². The van der Waals surface area contributed by atoms with Crippen molar-refractivity contribution < 1.29 is 33.7 Å². The number of nitrogens with zero attached hydrogens (tertiary/aromatic N) is 2. The molecule has 0 aliphatic carbocycles. The molecule has 1 N–H and O–H groups in total. The number of carbonyl (C=O) groups excluding carboxylic acids is 3. The summed E-state index contributed by atoms with van der Waals surface area (Å²) in [7, 11) is 1.59. The molecule has 9 heteroatoms. The minimum Gasteiger partial charge on any atom is -0.497 e. The normalized spacial score (nSPS) is 32.9. The number of rotatable bonds is 8. The number of fused-ring (bicyclic) bond motifs is 2. The SMILES string of the molecule is COc1ccc(N2CC=C[C@]34O[C@@]5(C)/C=C\CCCOC(=O)[C@H]5[C@H]3C(=O)N(CCCCCCO)C4C2=O)cc1. The molecule has 1 spiro atoms. The maximum atomic E-state index is 14.4. The Labute approximate surface area is 229 Å². The van der Waals surface area contributed by atoms with E-state index in [0.717, 1.165) is 19.3 Å². The Hall–Kier alpha value is -3.17. The van der Waals surface area contributed by atoms with E-state index in [-0.39, 0.29) is 25.0 Å². The molecular weight excluding hydrogens is 500 g/mol. The van der Waals surface area contributed by atoms with Crippen LogP contribution in [0.5, 0.6) is 5.75 Å². The number of hydrogen-bond acceptors (Lipinski definition) is 7. The molecule has 210 valence electrons. The molecule has 0 saturated carbocycles. The van der Waals surface area contributed by atoms with Crippen LogP contribution in [-0.2, 0) is 23.9 Å². The number of aliphatic hydroxyl groups is 1. The zero-order valence-electron chi connectivity index (χ0n) is 22.7. The molecule has 5 atom stereocenters. The van der Waals surface area contributed by atoms with Crippen molar-refractivity contribution in [1.82, 2.24) is 4.90 Å². The van der Waals surface area contributed by atoms with Crippen molar-refractivity contribution in [2.75, 3.05) is 38.3 Å². The van der Waals surface area contributed by atoms with Gasteiger partial charge in [-0.15, -0.1) is 0 Å². The number of unbranched alkanes of at least 4 members (excludes halogenated alkanes) is 3. The largest absolute Gasteiger partial charge is 0.497 e. The van der Waals surface area contributed by atoms with Gasteiger partial charge in [-0.05, 0) is 56.9 Å². The third kappa shape index (κ3) is 4.76. The van der Waals surface area contributed by atoms with E-state index < -0.39 is 35.0 Å². The molecule has 9 nitrogen and oxygen atoms in total. The smallest absolute Gasteiger partial charge is 0.313 e. The second kappa shape index (κ2) is 11.1. The number of allylic oxidation sites excluding steroid dienone is 1. The number of hydrogen-bond donors (Lipinski definition) is 1. The molecule has 39 heavy (non-hydrogen) atoms. The first-order valence-corrected chi connectivity index (χ1v) is 14.0. The molecule has 5 rings (SSSR count). The average Bonchev–Trinajstić information content (AvgIpc) is 3.27. The number of benzene rings is 1. The van der Waals surface area contributed by atoms with Crippen molar-refractivity contribution in [2.45, 2.75) is 62.7 Å². The molecule has 1 aromatic carbocycles. The van der Waals surface area contributed by atoms with E-state index in [1.807, 2.05) is 43.4 Å². The lowest BCUT2D eigenvalue weighted by atomic mass is 9.74. The van der Waals surface area contributed by atoms with Gasteiger partial charge >= 0.3 is 5.97 Å². The van der Waals surface area contributed by atoms with Gasteiger partial charge in [0.15, 0.2) is 0 Å². The maximum Gasteiger partial charge on any atom is 0.313 e. The number of methoxy groups -OCH3 is 1. The number of likely N-dealkylation sites (tertiary alicyclic amines) is 1. The molecule has 4 heterocycles. The van der Waals surface area contributed by atoms with Crippen molar-refractivity contribution >= 4 is 23.5 Å². The van der Waals surface area contributed by atoms with E-state index in [1.165, 1.54) is 0 Å². The van der Waals surface area contributed by atoms with Crippen LogP contribution in [0.25, 0.3) is 0 Å². The lowest BCUT2D eigenvalue weighted by Gasteiger charge is -2.37. The van der Waals surface area contributed by atoms with E-state index >= 15 is 0 Å². The Morgan fingerprint density at radius 2 is 1.77 bits per heavy atom. The maximum absolute atomic E-state index is 14.4. The van der Waals surface area contributed by atoms with Crippen molar-refractivity contribution in [2.24, 2.45) is 11.8 Å². The number of ether oxygens (including phenoxy) is 3. The minimum atomic E-state index is -1.30. The monoisotopic (exact) mass is 538 g/mol. The first kappa shape index (κ1) is 27.4. The van der Waals surface area contributed by atoms with E-state index in [1.54, 1.807) is 29.0 Å². The van der Waals surface area contributed by atoms with Gasteiger partial charge in [0.05, 0.1) is 25.2 Å². The van der Waals surface area contributed by atoms with Gasteiger partial charge in [-0.1, -0.05) is 37.1 Å². The van der Waals surface area contributed by atoms with Gasteiger partial charge in [0, 0.05) is 25.4 Å². The molecule has 0 radical (unpaired) electrons. The summed E-state index contributed by atoms with van der Waals surface area (Å²) in [6, 6.07) is 6.32. The predicted molar refractivity (Wildman–Crippen MR) is 144 cm³/mol. The van der Waals surface area contributed by atoms with Crippen molar-refractivity contribution in [3.05, 3.63) is 48.6 Å². The van der Waals surface area contributed by atoms with Gasteiger partial charge < -0.3 is 29.1 Å². The highest BCUT2D eigenvalue weighted by Crippen LogP contribution is 2.57. The van der Waals surface area contributed by atoms with Gasteiger partial charge in [0.25, 0.3) is 5.91 Å². The van der Waals surface area contributed by atoms with Crippen LogP contribution in [0.15, 0.2) is 48.6 Å². The summed E-state index contributed by atoms with van der Waals surface area (Å²) < 4.78 is 17.7. The quantitative estimate of drug-likeness (QED) is 0.308. The molecule has 2 fully saturated rings. The summed E-state index contributed by atoms with van der Waals surface area (Å²) in [5, 5.41) is 9.14. The second-order valence-corrected chi connectivity index (χ2v) is 10.9. The van der Waals surface area contributed by atoms with E-state index in [0.29, 0.717) is 43.8 Å². The summed E-state index contributed by atoms with van der Waals surface area (Å²) in [6.45, 7) is 2.89. The molecular formula is C30H38N2O7. The molecule has 4 aliphatic rings. The van der Waals surface area contributed by atoms with Crippen LogP contribution < -0.4 is 9.64 Å². The first-order valence-electron chi connectivity index (χ1n) is 14.0. The standard InChI is InChI=1S/C30H38N2O7/c1-29-15-6-5-9-20-38-28(36)24(29)23-26(34)32(17-7-3-4-8-19-33)25-27(35)31(18-10-16-30(23,25)39-29)21-11-13-22(37-2)14-12-21/h6,10-16,23-25,33H,3-5,7-9,17-20H2,1-2H3/b15-6-/t23-,24+,25?,29-,30-/m0/s1. The molecule has 1 unspecified atom stereocenters. The fraction of sp³-hybridized carbons (Fsp3) is 0.567. The fourth-order valence-electron chi connectivity index (χ4n) is 6.62. The molecule has 0 bridgehead atoms. The van der Waals surface area contributed by atoms with Crippen LogP contribution in [0.1, 0.15) is 45.4 Å². The van der Waals surface area contributed by atoms with E-state index in [2.05, 4.69) is 0 Å². The van der Waals surface area contributed by atoms with E-state index in [9.17, 15) is 14.4 Å². The Morgan fingerprint density at radius 3 is 2.51 bits per heavy atom. The van der Waals surface area contributed by atoms with Gasteiger partial charge in [0.1, 0.15) is 23.3 Å². The van der Waals surface area contributed by atoms with Gasteiger partial charge in [-0.25, -0.2) is 0 Å². The summed E-state index contributed by atoms with van der Waals surface area (Å²) in [5.74, 6) is -2.03. The van der Waals surface area contributed by atoms with Crippen LogP contribution in [-0.4, -0.2) is 78.4 Å². The fourth-order valence-corrected chi connectivity index (χ4v) is 6.62. The third-order valence-electron chi connectivity index (χ3n) is 8.44. The number of aliphatic hydroxyl groups excluding tert-OH is 1. The zero-order valence-corrected chi connectivity index (χ0v) is 22.7. The number of anilines is 1. The highest BCUT2D eigenvalue weighted by atomic mass is 16.6. The summed E-state index contributed by atoms with van der Waals surface area (Å²) in [5.41, 5.74) is -1.71.